The maximum atomic E-state index is 11.1. The van der Waals surface area contributed by atoms with Crippen molar-refractivity contribution in [3.05, 3.63) is 10.5 Å². The normalized spacial score (nSPS) is 26.7. The molecule has 13 heavy (non-hydrogen) atoms. The van der Waals surface area contributed by atoms with Gasteiger partial charge in [-0.05, 0) is 31.1 Å². The molecule has 0 radical (unpaired) electrons. The highest BCUT2D eigenvalue weighted by Crippen LogP contribution is 2.34. The van der Waals surface area contributed by atoms with Gasteiger partial charge in [0.15, 0.2) is 11.1 Å². The average molecular weight is 202 g/mol. The molecule has 1 aliphatic carbocycles. The molecule has 0 aliphatic heterocycles. The fraction of sp³-hybridized carbons (Fsp3) is 0.800. The standard InChI is InChI=1S/C10H18O2S/c1-7(2)9-5-4-8(3)6-10(9)13(11)12/h7-8H,4-6H2,1-3H3,(H,11,12). The molecule has 0 fully saturated rings. The van der Waals surface area contributed by atoms with E-state index in [2.05, 4.69) is 20.8 Å². The van der Waals surface area contributed by atoms with Crippen LogP contribution in [0.1, 0.15) is 40.0 Å². The summed E-state index contributed by atoms with van der Waals surface area (Å²) in [5, 5.41) is 0. The van der Waals surface area contributed by atoms with Gasteiger partial charge in [0.1, 0.15) is 0 Å². The van der Waals surface area contributed by atoms with E-state index >= 15 is 0 Å². The van der Waals surface area contributed by atoms with Gasteiger partial charge in [0.2, 0.25) is 0 Å². The maximum absolute atomic E-state index is 11.1. The maximum Gasteiger partial charge on any atom is 0.182 e. The Balaban J connectivity index is 2.94. The van der Waals surface area contributed by atoms with Crippen LogP contribution in [0.3, 0.4) is 0 Å². The molecule has 0 spiro atoms. The second kappa shape index (κ2) is 4.38. The van der Waals surface area contributed by atoms with Gasteiger partial charge in [-0.15, -0.1) is 0 Å². The van der Waals surface area contributed by atoms with Gasteiger partial charge < -0.3 is 4.55 Å². The van der Waals surface area contributed by atoms with Gasteiger partial charge in [-0.3, -0.25) is 0 Å². The predicted octanol–water partition coefficient (Wildman–Crippen LogP) is 2.94. The van der Waals surface area contributed by atoms with Crippen molar-refractivity contribution in [3.8, 4) is 0 Å². The van der Waals surface area contributed by atoms with Crippen LogP contribution in [-0.2, 0) is 11.1 Å². The Morgan fingerprint density at radius 2 is 2.15 bits per heavy atom. The Morgan fingerprint density at radius 1 is 1.54 bits per heavy atom. The zero-order valence-electron chi connectivity index (χ0n) is 8.54. The van der Waals surface area contributed by atoms with E-state index in [4.69, 9.17) is 4.55 Å². The molecule has 1 N–H and O–H groups in total. The predicted molar refractivity (Wildman–Crippen MR) is 55.7 cm³/mol. The first-order valence-corrected chi connectivity index (χ1v) is 5.95. The summed E-state index contributed by atoms with van der Waals surface area (Å²) in [6.07, 6.45) is 2.96. The number of hydrogen-bond acceptors (Lipinski definition) is 1. The van der Waals surface area contributed by atoms with Crippen LogP contribution in [0.5, 0.6) is 0 Å². The van der Waals surface area contributed by atoms with Crippen molar-refractivity contribution < 1.29 is 8.76 Å². The first-order valence-electron chi connectivity index (χ1n) is 4.85. The minimum atomic E-state index is -1.74. The van der Waals surface area contributed by atoms with E-state index in [9.17, 15) is 4.21 Å². The van der Waals surface area contributed by atoms with Crippen LogP contribution in [0.25, 0.3) is 0 Å². The zero-order valence-corrected chi connectivity index (χ0v) is 9.36. The lowest BCUT2D eigenvalue weighted by Gasteiger charge is -2.25. The van der Waals surface area contributed by atoms with Gasteiger partial charge >= 0.3 is 0 Å². The van der Waals surface area contributed by atoms with Crippen LogP contribution in [0.2, 0.25) is 0 Å². The lowest BCUT2D eigenvalue weighted by molar-refractivity contribution is 0.475. The Labute approximate surface area is 82.7 Å². The summed E-state index contributed by atoms with van der Waals surface area (Å²) in [6.45, 7) is 6.33. The monoisotopic (exact) mass is 202 g/mol. The lowest BCUT2D eigenvalue weighted by atomic mass is 9.86. The molecule has 0 aromatic rings. The minimum Gasteiger partial charge on any atom is -0.302 e. The molecule has 1 aliphatic rings. The molecule has 1 rings (SSSR count). The second-order valence-corrected chi connectivity index (χ2v) is 5.19. The molecule has 2 unspecified atom stereocenters. The highest BCUT2D eigenvalue weighted by molar-refractivity contribution is 7.83. The molecule has 0 saturated carbocycles. The fourth-order valence-electron chi connectivity index (χ4n) is 1.89. The van der Waals surface area contributed by atoms with Crippen LogP contribution in [0.15, 0.2) is 10.5 Å². The Kier molecular flexibility index (Phi) is 3.68. The second-order valence-electron chi connectivity index (χ2n) is 4.20. The minimum absolute atomic E-state index is 0.415. The Hall–Kier alpha value is -0.150. The van der Waals surface area contributed by atoms with Crippen LogP contribution in [0.4, 0.5) is 0 Å². The summed E-state index contributed by atoms with van der Waals surface area (Å²) >= 11 is -1.74. The van der Waals surface area contributed by atoms with Crippen LogP contribution in [0, 0.1) is 11.8 Å². The summed E-state index contributed by atoms with van der Waals surface area (Å²) in [7, 11) is 0. The van der Waals surface area contributed by atoms with Crippen molar-refractivity contribution in [2.24, 2.45) is 11.8 Å². The van der Waals surface area contributed by atoms with Crippen molar-refractivity contribution in [1.29, 1.82) is 0 Å². The van der Waals surface area contributed by atoms with E-state index in [1.807, 2.05) is 0 Å². The highest BCUT2D eigenvalue weighted by Gasteiger charge is 2.22. The van der Waals surface area contributed by atoms with Crippen LogP contribution >= 0.6 is 0 Å². The molecule has 76 valence electrons. The van der Waals surface area contributed by atoms with E-state index in [1.54, 1.807) is 0 Å². The Bertz CT molecular complexity index is 243. The van der Waals surface area contributed by atoms with Gasteiger partial charge in [-0.2, -0.15) is 0 Å². The van der Waals surface area contributed by atoms with E-state index in [0.29, 0.717) is 11.8 Å². The van der Waals surface area contributed by atoms with Crippen LogP contribution in [-0.4, -0.2) is 8.76 Å². The molecule has 0 aromatic heterocycles. The molecular formula is C10H18O2S. The molecule has 0 bridgehead atoms. The summed E-state index contributed by atoms with van der Waals surface area (Å²) in [6, 6.07) is 0. The third kappa shape index (κ3) is 2.64. The van der Waals surface area contributed by atoms with E-state index in [-0.39, 0.29) is 0 Å². The van der Waals surface area contributed by atoms with Crippen LogP contribution < -0.4 is 0 Å². The topological polar surface area (TPSA) is 37.3 Å². The third-order valence-electron chi connectivity index (χ3n) is 2.71. The SMILES string of the molecule is CC1CCC(C(C)C)=C(S(=O)O)C1. The Morgan fingerprint density at radius 3 is 2.62 bits per heavy atom. The number of hydrogen-bond donors (Lipinski definition) is 1. The molecule has 0 heterocycles. The van der Waals surface area contributed by atoms with Crippen molar-refractivity contribution in [2.45, 2.75) is 40.0 Å². The largest absolute Gasteiger partial charge is 0.302 e. The van der Waals surface area contributed by atoms with Crippen molar-refractivity contribution >= 4 is 11.1 Å². The van der Waals surface area contributed by atoms with E-state index in [1.165, 1.54) is 5.57 Å². The summed E-state index contributed by atoms with van der Waals surface area (Å²) in [5.41, 5.74) is 1.21. The van der Waals surface area contributed by atoms with Gasteiger partial charge in [0, 0.05) is 4.91 Å². The quantitative estimate of drug-likeness (QED) is 0.699. The summed E-state index contributed by atoms with van der Waals surface area (Å²) in [4.78, 5) is 0.786. The summed E-state index contributed by atoms with van der Waals surface area (Å²) in [5.74, 6) is 0.979. The fourth-order valence-corrected chi connectivity index (χ4v) is 2.87. The first kappa shape index (κ1) is 10.9. The highest BCUT2D eigenvalue weighted by atomic mass is 32.2. The molecule has 3 heteroatoms. The van der Waals surface area contributed by atoms with E-state index < -0.39 is 11.1 Å². The van der Waals surface area contributed by atoms with Gasteiger partial charge in [0.25, 0.3) is 0 Å². The van der Waals surface area contributed by atoms with Gasteiger partial charge in [-0.1, -0.05) is 26.3 Å². The molecule has 2 atom stereocenters. The van der Waals surface area contributed by atoms with Gasteiger partial charge in [0.05, 0.1) is 0 Å². The molecular weight excluding hydrogens is 184 g/mol. The smallest absolute Gasteiger partial charge is 0.182 e. The molecule has 0 saturated heterocycles. The summed E-state index contributed by atoms with van der Waals surface area (Å²) < 4.78 is 20.2. The molecule has 0 amide bonds. The average Bonchev–Trinajstić information content (AvgIpc) is 2.03. The zero-order chi connectivity index (χ0) is 10.0. The number of rotatable bonds is 2. The first-order chi connectivity index (χ1) is 6.02. The van der Waals surface area contributed by atoms with Gasteiger partial charge in [-0.25, -0.2) is 4.21 Å². The van der Waals surface area contributed by atoms with E-state index in [0.717, 1.165) is 24.2 Å². The van der Waals surface area contributed by atoms with Crippen molar-refractivity contribution in [1.82, 2.24) is 0 Å². The molecule has 0 aromatic carbocycles. The number of allylic oxidation sites excluding steroid dienone is 2. The van der Waals surface area contributed by atoms with Crippen molar-refractivity contribution in [3.63, 3.8) is 0 Å². The lowest BCUT2D eigenvalue weighted by Crippen LogP contribution is -2.14. The van der Waals surface area contributed by atoms with Crippen molar-refractivity contribution in [2.75, 3.05) is 0 Å². The third-order valence-corrected chi connectivity index (χ3v) is 3.56. The molecule has 2 nitrogen and oxygen atoms in total.